The normalized spacial score (nSPS) is 19.0. The van der Waals surface area contributed by atoms with Crippen molar-refractivity contribution in [1.82, 2.24) is 4.90 Å². The molecule has 1 amide bonds. The number of hydrogen-bond donors (Lipinski definition) is 1. The van der Waals surface area contributed by atoms with E-state index in [1.807, 2.05) is 4.90 Å². The van der Waals surface area contributed by atoms with Gasteiger partial charge in [-0.15, -0.1) is 0 Å². The van der Waals surface area contributed by atoms with Gasteiger partial charge in [-0.1, -0.05) is 13.8 Å². The summed E-state index contributed by atoms with van der Waals surface area (Å²) in [6.07, 6.45) is 3.25. The first-order chi connectivity index (χ1) is 8.89. The molecule has 1 N–H and O–H groups in total. The van der Waals surface area contributed by atoms with E-state index in [1.54, 1.807) is 18.2 Å². The molecule has 0 aliphatic carbocycles. The van der Waals surface area contributed by atoms with Gasteiger partial charge in [-0.2, -0.15) is 0 Å². The fourth-order valence-corrected chi connectivity index (χ4v) is 2.79. The van der Waals surface area contributed by atoms with Crippen molar-refractivity contribution in [3.05, 3.63) is 27.3 Å². The number of phenolic OH excluding ortho intramolecular Hbond substituents is 1. The predicted octanol–water partition coefficient (Wildman–Crippen LogP) is 3.65. The van der Waals surface area contributed by atoms with Gasteiger partial charge in [0.25, 0.3) is 5.91 Å². The second kappa shape index (κ2) is 5.69. The Morgan fingerprint density at radius 3 is 2.74 bits per heavy atom. The molecular formula is C15H20INO2. The van der Waals surface area contributed by atoms with Gasteiger partial charge >= 0.3 is 0 Å². The van der Waals surface area contributed by atoms with E-state index in [0.29, 0.717) is 11.0 Å². The molecule has 0 radical (unpaired) electrons. The van der Waals surface area contributed by atoms with Crippen LogP contribution in [0.2, 0.25) is 0 Å². The van der Waals surface area contributed by atoms with Crippen LogP contribution in [0, 0.1) is 8.99 Å². The fraction of sp³-hybridized carbons (Fsp3) is 0.533. The van der Waals surface area contributed by atoms with Crippen LogP contribution < -0.4 is 0 Å². The molecule has 1 aromatic carbocycles. The lowest BCUT2D eigenvalue weighted by Crippen LogP contribution is -2.32. The Labute approximate surface area is 128 Å². The van der Waals surface area contributed by atoms with E-state index in [0.717, 1.165) is 35.9 Å². The quantitative estimate of drug-likeness (QED) is 0.764. The Bertz CT molecular complexity index is 485. The highest BCUT2D eigenvalue weighted by Crippen LogP contribution is 2.30. The van der Waals surface area contributed by atoms with Crippen LogP contribution in [0.4, 0.5) is 0 Å². The first kappa shape index (κ1) is 14.6. The first-order valence-electron chi connectivity index (χ1n) is 6.67. The maximum atomic E-state index is 12.4. The first-order valence-corrected chi connectivity index (χ1v) is 7.75. The highest BCUT2D eigenvalue weighted by molar-refractivity contribution is 14.1. The molecule has 1 aliphatic rings. The van der Waals surface area contributed by atoms with Gasteiger partial charge in [0.1, 0.15) is 5.75 Å². The third-order valence-corrected chi connectivity index (χ3v) is 4.73. The molecule has 0 saturated carbocycles. The smallest absolute Gasteiger partial charge is 0.253 e. The molecule has 4 heteroatoms. The molecular weight excluding hydrogens is 353 g/mol. The number of carbonyl (C=O) groups is 1. The third-order valence-electron chi connectivity index (χ3n) is 3.82. The number of likely N-dealkylation sites (tertiary alicyclic amines) is 1. The van der Waals surface area contributed by atoms with E-state index in [2.05, 4.69) is 36.4 Å². The van der Waals surface area contributed by atoms with Gasteiger partial charge in [-0.3, -0.25) is 4.79 Å². The SMILES string of the molecule is CC1(C)CCCN(C(=O)c2ccc(I)c(O)c2)CC1. The van der Waals surface area contributed by atoms with Crippen molar-refractivity contribution in [1.29, 1.82) is 0 Å². The lowest BCUT2D eigenvalue weighted by atomic mass is 9.85. The Morgan fingerprint density at radius 1 is 1.32 bits per heavy atom. The molecule has 19 heavy (non-hydrogen) atoms. The number of phenols is 1. The summed E-state index contributed by atoms with van der Waals surface area (Å²) >= 11 is 2.05. The topological polar surface area (TPSA) is 40.5 Å². The molecule has 1 heterocycles. The van der Waals surface area contributed by atoms with Crippen LogP contribution >= 0.6 is 22.6 Å². The average Bonchev–Trinajstić information content (AvgIpc) is 2.53. The molecule has 0 bridgehead atoms. The van der Waals surface area contributed by atoms with Crippen molar-refractivity contribution in [3.63, 3.8) is 0 Å². The van der Waals surface area contributed by atoms with Crippen molar-refractivity contribution in [2.24, 2.45) is 5.41 Å². The number of hydrogen-bond acceptors (Lipinski definition) is 2. The Balaban J connectivity index is 2.13. The minimum atomic E-state index is 0.0319. The zero-order valence-corrected chi connectivity index (χ0v) is 13.6. The number of amides is 1. The van der Waals surface area contributed by atoms with Crippen molar-refractivity contribution in [2.45, 2.75) is 33.1 Å². The molecule has 104 valence electrons. The number of benzene rings is 1. The molecule has 3 nitrogen and oxygen atoms in total. The van der Waals surface area contributed by atoms with Crippen LogP contribution in [-0.4, -0.2) is 29.0 Å². The maximum Gasteiger partial charge on any atom is 0.253 e. The van der Waals surface area contributed by atoms with Crippen molar-refractivity contribution in [3.8, 4) is 5.75 Å². The van der Waals surface area contributed by atoms with Gasteiger partial charge in [-0.25, -0.2) is 0 Å². The van der Waals surface area contributed by atoms with E-state index in [-0.39, 0.29) is 11.7 Å². The van der Waals surface area contributed by atoms with Crippen molar-refractivity contribution < 1.29 is 9.90 Å². The van der Waals surface area contributed by atoms with Crippen LogP contribution in [0.1, 0.15) is 43.5 Å². The molecule has 0 atom stereocenters. The second-order valence-electron chi connectivity index (χ2n) is 5.98. The molecule has 0 spiro atoms. The van der Waals surface area contributed by atoms with E-state index < -0.39 is 0 Å². The van der Waals surface area contributed by atoms with E-state index in [9.17, 15) is 9.90 Å². The summed E-state index contributed by atoms with van der Waals surface area (Å²) in [5.74, 6) is 0.214. The monoisotopic (exact) mass is 373 g/mol. The van der Waals surface area contributed by atoms with Gasteiger partial charge in [0.15, 0.2) is 0 Å². The Hall–Kier alpha value is -0.780. The predicted molar refractivity (Wildman–Crippen MR) is 84.4 cm³/mol. The van der Waals surface area contributed by atoms with Crippen LogP contribution in [-0.2, 0) is 0 Å². The minimum absolute atomic E-state index is 0.0319. The number of halogens is 1. The van der Waals surface area contributed by atoms with Gasteiger partial charge in [0, 0.05) is 18.7 Å². The highest BCUT2D eigenvalue weighted by Gasteiger charge is 2.26. The van der Waals surface area contributed by atoms with Gasteiger partial charge in [0.2, 0.25) is 0 Å². The van der Waals surface area contributed by atoms with Gasteiger partial charge in [0.05, 0.1) is 3.57 Å². The fourth-order valence-electron chi connectivity index (χ4n) is 2.45. The Kier molecular flexibility index (Phi) is 4.38. The largest absolute Gasteiger partial charge is 0.507 e. The zero-order chi connectivity index (χ0) is 14.0. The molecule has 1 saturated heterocycles. The number of nitrogens with zero attached hydrogens (tertiary/aromatic N) is 1. The maximum absolute atomic E-state index is 12.4. The highest BCUT2D eigenvalue weighted by atomic mass is 127. The average molecular weight is 373 g/mol. The van der Waals surface area contributed by atoms with Crippen LogP contribution in [0.25, 0.3) is 0 Å². The molecule has 1 aromatic rings. The summed E-state index contributed by atoms with van der Waals surface area (Å²) in [4.78, 5) is 14.4. The summed E-state index contributed by atoms with van der Waals surface area (Å²) in [6, 6.07) is 5.14. The summed E-state index contributed by atoms with van der Waals surface area (Å²) in [7, 11) is 0. The number of carbonyl (C=O) groups excluding carboxylic acids is 1. The third kappa shape index (κ3) is 3.61. The van der Waals surface area contributed by atoms with E-state index in [1.165, 1.54) is 0 Å². The van der Waals surface area contributed by atoms with Crippen molar-refractivity contribution >= 4 is 28.5 Å². The number of aromatic hydroxyl groups is 1. The Morgan fingerprint density at radius 2 is 2.05 bits per heavy atom. The molecule has 0 unspecified atom stereocenters. The van der Waals surface area contributed by atoms with Crippen molar-refractivity contribution in [2.75, 3.05) is 13.1 Å². The summed E-state index contributed by atoms with van der Waals surface area (Å²) < 4.78 is 0.770. The second-order valence-corrected chi connectivity index (χ2v) is 7.14. The molecule has 0 aromatic heterocycles. The van der Waals surface area contributed by atoms with Gasteiger partial charge < -0.3 is 10.0 Å². The van der Waals surface area contributed by atoms with E-state index in [4.69, 9.17) is 0 Å². The minimum Gasteiger partial charge on any atom is -0.507 e. The van der Waals surface area contributed by atoms with Gasteiger partial charge in [-0.05, 0) is 65.5 Å². The molecule has 1 aliphatic heterocycles. The molecule has 1 fully saturated rings. The zero-order valence-electron chi connectivity index (χ0n) is 11.4. The van der Waals surface area contributed by atoms with Crippen LogP contribution in [0.15, 0.2) is 18.2 Å². The molecule has 2 rings (SSSR count). The van der Waals surface area contributed by atoms with Crippen LogP contribution in [0.5, 0.6) is 5.75 Å². The summed E-state index contributed by atoms with van der Waals surface area (Å²) in [5.41, 5.74) is 0.904. The summed E-state index contributed by atoms with van der Waals surface area (Å²) in [6.45, 7) is 6.14. The van der Waals surface area contributed by atoms with E-state index >= 15 is 0 Å². The number of rotatable bonds is 1. The summed E-state index contributed by atoms with van der Waals surface area (Å²) in [5, 5.41) is 9.71. The standard InChI is InChI=1S/C15H20INO2/c1-15(2)6-3-8-17(9-7-15)14(19)11-4-5-12(16)13(18)10-11/h4-5,10,18H,3,6-9H2,1-2H3. The van der Waals surface area contributed by atoms with Crippen LogP contribution in [0.3, 0.4) is 0 Å². The lowest BCUT2D eigenvalue weighted by Gasteiger charge is -2.23. The lowest BCUT2D eigenvalue weighted by molar-refractivity contribution is 0.0757.